The van der Waals surface area contributed by atoms with Crippen molar-refractivity contribution < 1.29 is 14.3 Å². The summed E-state index contributed by atoms with van der Waals surface area (Å²) < 4.78 is 10.9. The summed E-state index contributed by atoms with van der Waals surface area (Å²) in [5.74, 6) is -0.211. The molecular formula is C18H25N3O3S. The highest BCUT2D eigenvalue weighted by molar-refractivity contribution is 7.09. The predicted molar refractivity (Wildman–Crippen MR) is 100 cm³/mol. The molecule has 0 aliphatic carbocycles. The lowest BCUT2D eigenvalue weighted by Crippen LogP contribution is -2.14. The van der Waals surface area contributed by atoms with Crippen molar-refractivity contribution >= 4 is 22.9 Å². The molecule has 2 rings (SSSR count). The average molecular weight is 363 g/mol. The Morgan fingerprint density at radius 2 is 2.12 bits per heavy atom. The van der Waals surface area contributed by atoms with Crippen LogP contribution in [0.5, 0.6) is 0 Å². The second-order valence-corrected chi connectivity index (χ2v) is 6.40. The van der Waals surface area contributed by atoms with Gasteiger partial charge in [0.15, 0.2) is 0 Å². The molecule has 0 fully saturated rings. The van der Waals surface area contributed by atoms with E-state index in [1.165, 1.54) is 11.3 Å². The number of nitrogens with one attached hydrogen (secondary N) is 1. The van der Waals surface area contributed by atoms with Crippen LogP contribution in [0.25, 0.3) is 0 Å². The molecular weight excluding hydrogens is 338 g/mol. The Morgan fingerprint density at radius 1 is 1.32 bits per heavy atom. The first kappa shape index (κ1) is 19.5. The standard InChI is InChI=1S/C18H25N3O3S/c1-3-23-9-10-24-11-14-5-4-6-15(13(14)2)21-18(22)16-12-25-17(20-16)7-8-19/h4-6,12H,3,7-11,19H2,1-2H3,(H,21,22). The maximum Gasteiger partial charge on any atom is 0.275 e. The number of nitrogens with two attached hydrogens (primary N) is 1. The van der Waals surface area contributed by atoms with Gasteiger partial charge in [-0.1, -0.05) is 12.1 Å². The maximum absolute atomic E-state index is 12.4. The number of benzene rings is 1. The normalized spacial score (nSPS) is 10.8. The molecule has 1 aromatic heterocycles. The molecule has 1 aromatic carbocycles. The highest BCUT2D eigenvalue weighted by atomic mass is 32.1. The molecule has 0 aliphatic rings. The van der Waals surface area contributed by atoms with Crippen LogP contribution in [0, 0.1) is 6.92 Å². The lowest BCUT2D eigenvalue weighted by atomic mass is 10.1. The third kappa shape index (κ3) is 5.89. The van der Waals surface area contributed by atoms with Gasteiger partial charge in [0.05, 0.1) is 24.8 Å². The third-order valence-electron chi connectivity index (χ3n) is 3.67. The van der Waals surface area contributed by atoms with Gasteiger partial charge >= 0.3 is 0 Å². The van der Waals surface area contributed by atoms with Crippen molar-refractivity contribution in [1.29, 1.82) is 0 Å². The Balaban J connectivity index is 1.96. The first-order chi connectivity index (χ1) is 12.2. The highest BCUT2D eigenvalue weighted by Gasteiger charge is 2.13. The van der Waals surface area contributed by atoms with Crippen molar-refractivity contribution in [3.8, 4) is 0 Å². The van der Waals surface area contributed by atoms with Crippen molar-refractivity contribution in [2.45, 2.75) is 26.9 Å². The zero-order valence-corrected chi connectivity index (χ0v) is 15.5. The lowest BCUT2D eigenvalue weighted by molar-refractivity contribution is 0.0451. The van der Waals surface area contributed by atoms with Gasteiger partial charge in [0.25, 0.3) is 5.91 Å². The van der Waals surface area contributed by atoms with Crippen LogP contribution in [-0.2, 0) is 22.5 Å². The molecule has 3 N–H and O–H groups in total. The summed E-state index contributed by atoms with van der Waals surface area (Å²) in [6.45, 7) is 6.76. The van der Waals surface area contributed by atoms with Gasteiger partial charge in [-0.25, -0.2) is 4.98 Å². The molecule has 0 saturated heterocycles. The number of hydrogen-bond acceptors (Lipinski definition) is 6. The Morgan fingerprint density at radius 3 is 2.88 bits per heavy atom. The lowest BCUT2D eigenvalue weighted by Gasteiger charge is -2.12. The second kappa shape index (κ2) is 10.2. The SMILES string of the molecule is CCOCCOCc1cccc(NC(=O)c2csc(CCN)n2)c1C. The monoisotopic (exact) mass is 363 g/mol. The number of nitrogens with zero attached hydrogens (tertiary/aromatic N) is 1. The van der Waals surface area contributed by atoms with Gasteiger partial charge in [-0.2, -0.15) is 0 Å². The Labute approximate surface area is 152 Å². The summed E-state index contributed by atoms with van der Waals surface area (Å²) >= 11 is 1.45. The van der Waals surface area contributed by atoms with Crippen LogP contribution in [0.15, 0.2) is 23.6 Å². The summed E-state index contributed by atoms with van der Waals surface area (Å²) in [6, 6.07) is 5.78. The molecule has 1 heterocycles. The van der Waals surface area contributed by atoms with Gasteiger partial charge in [0, 0.05) is 24.1 Å². The number of rotatable bonds is 10. The molecule has 0 atom stereocenters. The van der Waals surface area contributed by atoms with Gasteiger partial charge in [0.2, 0.25) is 0 Å². The fraction of sp³-hybridized carbons (Fsp3) is 0.444. The first-order valence-corrected chi connectivity index (χ1v) is 9.23. The molecule has 25 heavy (non-hydrogen) atoms. The first-order valence-electron chi connectivity index (χ1n) is 8.35. The number of aromatic nitrogens is 1. The van der Waals surface area contributed by atoms with E-state index in [-0.39, 0.29) is 5.91 Å². The van der Waals surface area contributed by atoms with Crippen LogP contribution < -0.4 is 11.1 Å². The molecule has 0 spiro atoms. The van der Waals surface area contributed by atoms with Crippen LogP contribution >= 0.6 is 11.3 Å². The van der Waals surface area contributed by atoms with E-state index in [1.807, 2.05) is 32.0 Å². The van der Waals surface area contributed by atoms with Gasteiger partial charge in [-0.15, -0.1) is 11.3 Å². The zero-order valence-electron chi connectivity index (χ0n) is 14.7. The third-order valence-corrected chi connectivity index (χ3v) is 4.58. The fourth-order valence-corrected chi connectivity index (χ4v) is 3.05. The van der Waals surface area contributed by atoms with Gasteiger partial charge in [-0.3, -0.25) is 4.79 Å². The minimum Gasteiger partial charge on any atom is -0.379 e. The molecule has 0 bridgehead atoms. The second-order valence-electron chi connectivity index (χ2n) is 5.46. The van der Waals surface area contributed by atoms with E-state index < -0.39 is 0 Å². The Kier molecular flexibility index (Phi) is 8.00. The minimum absolute atomic E-state index is 0.211. The topological polar surface area (TPSA) is 86.5 Å². The maximum atomic E-state index is 12.4. The van der Waals surface area contributed by atoms with Crippen molar-refractivity contribution in [2.75, 3.05) is 31.7 Å². The van der Waals surface area contributed by atoms with Crippen LogP contribution in [0.4, 0.5) is 5.69 Å². The van der Waals surface area contributed by atoms with Crippen LogP contribution in [0.2, 0.25) is 0 Å². The molecule has 7 heteroatoms. The van der Waals surface area contributed by atoms with E-state index in [4.69, 9.17) is 15.2 Å². The summed E-state index contributed by atoms with van der Waals surface area (Å²) in [4.78, 5) is 16.7. The van der Waals surface area contributed by atoms with Crippen molar-refractivity contribution in [3.63, 3.8) is 0 Å². The number of carbonyl (C=O) groups excluding carboxylic acids is 1. The molecule has 2 aromatic rings. The molecule has 0 radical (unpaired) electrons. The van der Waals surface area contributed by atoms with Crippen LogP contribution in [0.3, 0.4) is 0 Å². The van der Waals surface area contributed by atoms with Crippen molar-refractivity contribution in [2.24, 2.45) is 5.73 Å². The average Bonchev–Trinajstić information content (AvgIpc) is 3.07. The summed E-state index contributed by atoms with van der Waals surface area (Å²) in [5.41, 5.74) is 8.74. The van der Waals surface area contributed by atoms with Gasteiger partial charge < -0.3 is 20.5 Å². The number of ether oxygens (including phenoxy) is 2. The summed E-state index contributed by atoms with van der Waals surface area (Å²) in [7, 11) is 0. The molecule has 6 nitrogen and oxygen atoms in total. The molecule has 0 unspecified atom stereocenters. The molecule has 0 saturated carbocycles. The quantitative estimate of drug-likeness (QED) is 0.634. The summed E-state index contributed by atoms with van der Waals surface area (Å²) in [6.07, 6.45) is 0.686. The van der Waals surface area contributed by atoms with Crippen molar-refractivity contribution in [3.05, 3.63) is 45.4 Å². The van der Waals surface area contributed by atoms with E-state index in [2.05, 4.69) is 10.3 Å². The van der Waals surface area contributed by atoms with Crippen LogP contribution in [-0.4, -0.2) is 37.3 Å². The minimum atomic E-state index is -0.211. The molecule has 136 valence electrons. The zero-order chi connectivity index (χ0) is 18.1. The predicted octanol–water partition coefficient (Wildman–Crippen LogP) is 2.76. The number of amides is 1. The fourth-order valence-electron chi connectivity index (χ4n) is 2.26. The Hall–Kier alpha value is -1.80. The molecule has 1 amide bonds. The summed E-state index contributed by atoms with van der Waals surface area (Å²) in [5, 5.41) is 5.56. The van der Waals surface area contributed by atoms with E-state index in [0.29, 0.717) is 45.1 Å². The van der Waals surface area contributed by atoms with E-state index in [1.54, 1.807) is 5.38 Å². The number of thiazole rings is 1. The largest absolute Gasteiger partial charge is 0.379 e. The number of hydrogen-bond donors (Lipinski definition) is 2. The van der Waals surface area contributed by atoms with Gasteiger partial charge in [0.1, 0.15) is 5.69 Å². The highest BCUT2D eigenvalue weighted by Crippen LogP contribution is 2.21. The van der Waals surface area contributed by atoms with Crippen LogP contribution in [0.1, 0.15) is 33.5 Å². The van der Waals surface area contributed by atoms with E-state index in [9.17, 15) is 4.79 Å². The Bertz CT molecular complexity index is 688. The van der Waals surface area contributed by atoms with E-state index in [0.717, 1.165) is 21.8 Å². The number of carbonyl (C=O) groups is 1. The number of anilines is 1. The van der Waals surface area contributed by atoms with Crippen molar-refractivity contribution in [1.82, 2.24) is 4.98 Å². The van der Waals surface area contributed by atoms with Gasteiger partial charge in [-0.05, 0) is 37.6 Å². The molecule has 0 aliphatic heterocycles. The smallest absolute Gasteiger partial charge is 0.275 e. The van der Waals surface area contributed by atoms with E-state index >= 15 is 0 Å².